The average Bonchev–Trinajstić information content (AvgIpc) is 2.19. The number of unbranched alkanes of at least 4 members (excludes halogenated alkanes) is 4. The second-order valence-electron chi connectivity index (χ2n) is 4.60. The molecule has 1 nitrogen and oxygen atoms in total. The number of rotatable bonds is 9. The van der Waals surface area contributed by atoms with E-state index in [1.54, 1.807) is 0 Å². The molecule has 0 spiro atoms. The molecule has 0 aromatic rings. The van der Waals surface area contributed by atoms with Crippen LogP contribution in [0, 0.1) is 0 Å². The Hall–Kier alpha value is 0.980. The molecule has 0 fully saturated rings. The van der Waals surface area contributed by atoms with Gasteiger partial charge in [0, 0.05) is 0 Å². The fraction of sp³-hybridized carbons (Fsp3) is 1.00. The smallest absolute Gasteiger partial charge is 0.154 e. The number of hydrogen-bond acceptors (Lipinski definition) is 0. The van der Waals surface area contributed by atoms with Gasteiger partial charge in [-0.05, 0) is 25.7 Å². The lowest BCUT2D eigenvalue weighted by Crippen LogP contribution is -3.00. The molecular weight excluding hydrogens is 320 g/mol. The Bertz CT molecular complexity index is 121. The van der Waals surface area contributed by atoms with E-state index in [1.165, 1.54) is 51.6 Å². The van der Waals surface area contributed by atoms with Crippen molar-refractivity contribution in [3.05, 3.63) is 0 Å². The number of hydrogen-bond donors (Lipinski definition) is 0. The van der Waals surface area contributed by atoms with Crippen molar-refractivity contribution in [3.63, 3.8) is 0 Å². The Morgan fingerprint density at radius 3 is 1.53 bits per heavy atom. The fourth-order valence-electron chi connectivity index (χ4n) is 1.72. The summed E-state index contributed by atoms with van der Waals surface area (Å²) in [5.74, 6) is 0. The zero-order valence-corrected chi connectivity index (χ0v) is 13.5. The molecule has 0 amide bonds. The molecule has 0 atom stereocenters. The molecule has 0 saturated heterocycles. The Kier molecular flexibility index (Phi) is 14.0. The van der Waals surface area contributed by atoms with Crippen molar-refractivity contribution in [2.24, 2.45) is 0 Å². The second-order valence-corrected chi connectivity index (χ2v) is 4.84. The van der Waals surface area contributed by atoms with Crippen LogP contribution in [0.3, 0.4) is 0 Å². The summed E-state index contributed by atoms with van der Waals surface area (Å²) in [5, 5.41) is 0. The van der Waals surface area contributed by atoms with Gasteiger partial charge >= 0.3 is 0 Å². The third kappa shape index (κ3) is 9.88. The minimum Gasteiger partial charge on any atom is -1.00 e. The molecule has 15 heavy (non-hydrogen) atoms. The summed E-state index contributed by atoms with van der Waals surface area (Å²) in [6.07, 6.45) is 7.95. The molecule has 94 valence electrons. The quantitative estimate of drug-likeness (QED) is 0.192. The minimum atomic E-state index is 0. The van der Waals surface area contributed by atoms with E-state index in [4.69, 9.17) is 11.6 Å². The highest BCUT2D eigenvalue weighted by molar-refractivity contribution is 6.16. The molecule has 0 N–H and O–H groups in total. The topological polar surface area (TPSA) is 0 Å². The van der Waals surface area contributed by atoms with E-state index in [1.807, 2.05) is 0 Å². The van der Waals surface area contributed by atoms with Crippen LogP contribution in [0.5, 0.6) is 0 Å². The summed E-state index contributed by atoms with van der Waals surface area (Å²) in [6.45, 7) is 7.01. The molecule has 0 unspecified atom stereocenters. The standard InChI is InChI=1S/C12H27ClN.HI/c1-4-6-8-10-14(3,12-13)11-9-7-5-2;/h4-12H2,1-3H3;1H/q+1;/p-1. The Morgan fingerprint density at radius 1 is 0.867 bits per heavy atom. The lowest BCUT2D eigenvalue weighted by atomic mass is 10.2. The maximum atomic E-state index is 6.04. The highest BCUT2D eigenvalue weighted by Gasteiger charge is 2.18. The van der Waals surface area contributed by atoms with Crippen molar-refractivity contribution in [1.82, 2.24) is 0 Å². The molecule has 0 bridgehead atoms. The number of alkyl halides is 1. The summed E-state index contributed by atoms with van der Waals surface area (Å²) in [7, 11) is 2.29. The summed E-state index contributed by atoms with van der Waals surface area (Å²) < 4.78 is 1.06. The number of quaternary nitrogens is 1. The molecule has 0 radical (unpaired) electrons. The highest BCUT2D eigenvalue weighted by atomic mass is 127. The van der Waals surface area contributed by atoms with Gasteiger partial charge in [0.25, 0.3) is 0 Å². The first-order chi connectivity index (χ1) is 6.68. The average molecular weight is 348 g/mol. The van der Waals surface area contributed by atoms with Gasteiger partial charge in [-0.1, -0.05) is 38.3 Å². The van der Waals surface area contributed by atoms with Gasteiger partial charge in [-0.3, -0.25) is 0 Å². The van der Waals surface area contributed by atoms with Crippen LogP contribution in [0.15, 0.2) is 0 Å². The molecule has 0 aliphatic rings. The van der Waals surface area contributed by atoms with Crippen LogP contribution < -0.4 is 24.0 Å². The first-order valence-corrected chi connectivity index (χ1v) is 6.61. The fourth-order valence-corrected chi connectivity index (χ4v) is 1.96. The summed E-state index contributed by atoms with van der Waals surface area (Å²) >= 11 is 6.04. The van der Waals surface area contributed by atoms with Crippen molar-refractivity contribution >= 4 is 11.6 Å². The van der Waals surface area contributed by atoms with E-state index in [0.717, 1.165) is 10.5 Å². The van der Waals surface area contributed by atoms with Crippen LogP contribution in [-0.4, -0.2) is 30.6 Å². The molecule has 0 saturated carbocycles. The van der Waals surface area contributed by atoms with Gasteiger partial charge in [0.2, 0.25) is 0 Å². The molecule has 0 heterocycles. The van der Waals surface area contributed by atoms with Crippen LogP contribution >= 0.6 is 11.6 Å². The van der Waals surface area contributed by atoms with Gasteiger partial charge in [-0.25, -0.2) is 0 Å². The lowest BCUT2D eigenvalue weighted by Gasteiger charge is -2.32. The van der Waals surface area contributed by atoms with Gasteiger partial charge in [-0.2, -0.15) is 0 Å². The summed E-state index contributed by atoms with van der Waals surface area (Å²) in [4.78, 5) is 0. The van der Waals surface area contributed by atoms with Crippen LogP contribution in [0.4, 0.5) is 0 Å². The molecule has 0 rings (SSSR count). The third-order valence-electron chi connectivity index (χ3n) is 2.89. The predicted octanol–water partition coefficient (Wildman–Crippen LogP) is 1.01. The van der Waals surface area contributed by atoms with Gasteiger partial charge in [0.1, 0.15) is 0 Å². The van der Waals surface area contributed by atoms with Crippen LogP contribution in [0.1, 0.15) is 52.4 Å². The Labute approximate surface area is 118 Å². The number of halogens is 2. The first kappa shape index (κ1) is 18.3. The van der Waals surface area contributed by atoms with Crippen molar-refractivity contribution in [3.8, 4) is 0 Å². The van der Waals surface area contributed by atoms with E-state index in [2.05, 4.69) is 20.9 Å². The van der Waals surface area contributed by atoms with Crippen LogP contribution in [-0.2, 0) is 0 Å². The van der Waals surface area contributed by atoms with E-state index in [9.17, 15) is 0 Å². The zero-order chi connectivity index (χ0) is 10.9. The van der Waals surface area contributed by atoms with E-state index in [-0.39, 0.29) is 24.0 Å². The summed E-state index contributed by atoms with van der Waals surface area (Å²) in [5.41, 5.74) is 0. The first-order valence-electron chi connectivity index (χ1n) is 6.08. The van der Waals surface area contributed by atoms with Crippen molar-refractivity contribution in [1.29, 1.82) is 0 Å². The van der Waals surface area contributed by atoms with E-state index >= 15 is 0 Å². The van der Waals surface area contributed by atoms with E-state index in [0.29, 0.717) is 0 Å². The minimum absolute atomic E-state index is 0. The maximum Gasteiger partial charge on any atom is 0.154 e. The van der Waals surface area contributed by atoms with Crippen molar-refractivity contribution in [2.75, 3.05) is 26.1 Å². The normalized spacial score (nSPS) is 11.2. The van der Waals surface area contributed by atoms with Crippen molar-refractivity contribution < 1.29 is 28.5 Å². The maximum absolute atomic E-state index is 6.04. The SMILES string of the molecule is CCCCC[N+](C)(CCl)CCCCC.[I-]. The summed E-state index contributed by atoms with van der Waals surface area (Å²) in [6, 6.07) is 0.771. The Morgan fingerprint density at radius 2 is 1.27 bits per heavy atom. The highest BCUT2D eigenvalue weighted by Crippen LogP contribution is 2.11. The molecule has 0 aliphatic carbocycles. The zero-order valence-electron chi connectivity index (χ0n) is 10.6. The van der Waals surface area contributed by atoms with Gasteiger partial charge in [0.15, 0.2) is 6.00 Å². The van der Waals surface area contributed by atoms with Crippen molar-refractivity contribution in [2.45, 2.75) is 52.4 Å². The van der Waals surface area contributed by atoms with E-state index < -0.39 is 0 Å². The molecule has 0 aromatic carbocycles. The van der Waals surface area contributed by atoms with Crippen LogP contribution in [0.25, 0.3) is 0 Å². The second kappa shape index (κ2) is 11.5. The van der Waals surface area contributed by atoms with Gasteiger partial charge in [-0.15, -0.1) is 0 Å². The molecule has 0 aromatic heterocycles. The largest absolute Gasteiger partial charge is 1.00 e. The predicted molar refractivity (Wildman–Crippen MR) is 65.7 cm³/mol. The lowest BCUT2D eigenvalue weighted by molar-refractivity contribution is -0.899. The third-order valence-corrected chi connectivity index (χ3v) is 3.47. The molecule has 3 heteroatoms. The molecular formula is C12H27ClIN. The molecule has 0 aliphatic heterocycles. The monoisotopic (exact) mass is 347 g/mol. The van der Waals surface area contributed by atoms with Crippen LogP contribution in [0.2, 0.25) is 0 Å². The Balaban J connectivity index is 0. The van der Waals surface area contributed by atoms with Gasteiger partial charge in [0.05, 0.1) is 20.1 Å². The number of nitrogens with zero attached hydrogens (tertiary/aromatic N) is 1. The van der Waals surface area contributed by atoms with Gasteiger partial charge < -0.3 is 28.5 Å².